The van der Waals surface area contributed by atoms with Crippen LogP contribution < -0.4 is 0 Å². The second-order valence-electron chi connectivity index (χ2n) is 17.6. The van der Waals surface area contributed by atoms with E-state index in [2.05, 4.69) is 199 Å². The van der Waals surface area contributed by atoms with Gasteiger partial charge in [0, 0.05) is 60.6 Å². The van der Waals surface area contributed by atoms with Gasteiger partial charge in [-0.15, -0.1) is 0 Å². The van der Waals surface area contributed by atoms with Crippen molar-refractivity contribution >= 4 is 43.6 Å². The van der Waals surface area contributed by atoms with Crippen molar-refractivity contribution in [1.82, 2.24) is 24.1 Å². The molecule has 5 nitrogen and oxygen atoms in total. The smallest absolute Gasteiger partial charge is 0.164 e. The number of nitrogens with zero attached hydrogens (tertiary/aromatic N) is 5. The summed E-state index contributed by atoms with van der Waals surface area (Å²) in [5.41, 5.74) is 17.2. The fraction of sp³-hybridized carbons (Fsp3) is 0.0500. The number of aromatic nitrogens is 5. The third kappa shape index (κ3) is 5.68. The van der Waals surface area contributed by atoms with E-state index < -0.39 is 0 Å². The highest BCUT2D eigenvalue weighted by molar-refractivity contribution is 6.20. The molecule has 0 N–H and O–H groups in total. The molecule has 65 heavy (non-hydrogen) atoms. The summed E-state index contributed by atoms with van der Waals surface area (Å²) in [6.07, 6.45) is 0. The first-order valence-electron chi connectivity index (χ1n) is 22.3. The van der Waals surface area contributed by atoms with Gasteiger partial charge in [0.25, 0.3) is 0 Å². The van der Waals surface area contributed by atoms with Crippen LogP contribution in [0.2, 0.25) is 0 Å². The maximum Gasteiger partial charge on any atom is 0.164 e. The summed E-state index contributed by atoms with van der Waals surface area (Å²) in [5, 5.41) is 4.67. The highest BCUT2D eigenvalue weighted by Crippen LogP contribution is 2.51. The van der Waals surface area contributed by atoms with Gasteiger partial charge in [-0.1, -0.05) is 166 Å². The summed E-state index contributed by atoms with van der Waals surface area (Å²) in [6, 6.07) is 76.0. The summed E-state index contributed by atoms with van der Waals surface area (Å²) in [4.78, 5) is 15.6. The normalized spacial score (nSPS) is 12.9. The number of hydrogen-bond acceptors (Lipinski definition) is 3. The van der Waals surface area contributed by atoms with E-state index in [0.717, 1.165) is 61.0 Å². The van der Waals surface area contributed by atoms with Crippen LogP contribution in [0.1, 0.15) is 25.0 Å². The molecule has 1 aliphatic rings. The van der Waals surface area contributed by atoms with Gasteiger partial charge in [-0.05, 0) is 88.5 Å². The molecular weight excluding hydrogens is 791 g/mol. The van der Waals surface area contributed by atoms with Crippen LogP contribution in [-0.2, 0) is 5.41 Å². The Hall–Kier alpha value is -8.41. The third-order valence-electron chi connectivity index (χ3n) is 13.6. The molecule has 3 aromatic heterocycles. The predicted octanol–water partition coefficient (Wildman–Crippen LogP) is 15.0. The quantitative estimate of drug-likeness (QED) is 0.168. The van der Waals surface area contributed by atoms with Gasteiger partial charge < -0.3 is 9.13 Å². The molecule has 1 aliphatic carbocycles. The van der Waals surface area contributed by atoms with Crippen LogP contribution in [0.5, 0.6) is 0 Å². The molecule has 306 valence electrons. The van der Waals surface area contributed by atoms with Gasteiger partial charge in [0.1, 0.15) is 0 Å². The molecule has 0 atom stereocenters. The minimum Gasteiger partial charge on any atom is -0.309 e. The van der Waals surface area contributed by atoms with E-state index in [9.17, 15) is 0 Å². The molecule has 0 fully saturated rings. The van der Waals surface area contributed by atoms with Crippen molar-refractivity contribution < 1.29 is 0 Å². The van der Waals surface area contributed by atoms with E-state index >= 15 is 0 Å². The first-order chi connectivity index (χ1) is 32.0. The second kappa shape index (κ2) is 14.3. The first-order valence-corrected chi connectivity index (χ1v) is 22.3. The molecule has 12 aromatic rings. The van der Waals surface area contributed by atoms with E-state index in [1.807, 2.05) is 36.4 Å². The molecule has 0 bridgehead atoms. The summed E-state index contributed by atoms with van der Waals surface area (Å²) < 4.78 is 4.87. The van der Waals surface area contributed by atoms with Crippen molar-refractivity contribution in [2.75, 3.05) is 0 Å². The molecule has 9 aromatic carbocycles. The van der Waals surface area contributed by atoms with Gasteiger partial charge >= 0.3 is 0 Å². The number of benzene rings is 9. The molecule has 0 saturated heterocycles. The summed E-state index contributed by atoms with van der Waals surface area (Å²) in [6.45, 7) is 4.72. The lowest BCUT2D eigenvalue weighted by Crippen LogP contribution is -2.14. The van der Waals surface area contributed by atoms with Gasteiger partial charge in [0.2, 0.25) is 0 Å². The number of hydrogen-bond donors (Lipinski definition) is 0. The Balaban J connectivity index is 1.12. The lowest BCUT2D eigenvalue weighted by Gasteiger charge is -2.21. The largest absolute Gasteiger partial charge is 0.309 e. The number of para-hydroxylation sites is 3. The summed E-state index contributed by atoms with van der Waals surface area (Å²) >= 11 is 0. The van der Waals surface area contributed by atoms with Crippen molar-refractivity contribution in [3.63, 3.8) is 0 Å². The van der Waals surface area contributed by atoms with Crippen molar-refractivity contribution in [1.29, 1.82) is 0 Å². The fourth-order valence-electron chi connectivity index (χ4n) is 10.5. The van der Waals surface area contributed by atoms with E-state index in [4.69, 9.17) is 15.0 Å². The van der Waals surface area contributed by atoms with Crippen LogP contribution in [0.4, 0.5) is 0 Å². The van der Waals surface area contributed by atoms with Gasteiger partial charge in [-0.3, -0.25) is 0 Å². The standard InChI is InChI=1S/C60H41N5/c1-60(2)50-29-17-15-27-44(50)47-36-49-48-35-40(31-34-53(48)64(54(49)37-51(47)60)41-23-11-5-12-24-41)43-32-33-46(55-45-28-16-18-30-52(45)65(56(43)55)42-25-13-6-14-26-42)59-62-57(38-19-7-3-8-20-38)61-58(63-59)39-21-9-4-10-22-39/h3-37H,1-2H3. The Kier molecular flexibility index (Phi) is 8.18. The Bertz CT molecular complexity index is 3770. The van der Waals surface area contributed by atoms with Gasteiger partial charge in [-0.25, -0.2) is 15.0 Å². The third-order valence-corrected chi connectivity index (χ3v) is 13.6. The second-order valence-corrected chi connectivity index (χ2v) is 17.6. The zero-order valence-electron chi connectivity index (χ0n) is 35.9. The number of rotatable bonds is 6. The van der Waals surface area contributed by atoms with Crippen LogP contribution in [-0.4, -0.2) is 24.1 Å². The zero-order valence-corrected chi connectivity index (χ0v) is 35.9. The Morgan fingerprint density at radius 3 is 1.57 bits per heavy atom. The van der Waals surface area contributed by atoms with Crippen LogP contribution >= 0.6 is 0 Å². The van der Waals surface area contributed by atoms with Crippen LogP contribution in [0, 0.1) is 0 Å². The molecule has 0 radical (unpaired) electrons. The molecule has 0 aliphatic heterocycles. The molecule has 0 saturated carbocycles. The minimum atomic E-state index is -0.121. The fourth-order valence-corrected chi connectivity index (χ4v) is 10.5. The maximum absolute atomic E-state index is 5.27. The molecule has 5 heteroatoms. The molecule has 0 spiro atoms. The average molecular weight is 832 g/mol. The lowest BCUT2D eigenvalue weighted by atomic mass is 9.82. The summed E-state index contributed by atoms with van der Waals surface area (Å²) in [7, 11) is 0. The molecule has 0 unspecified atom stereocenters. The van der Waals surface area contributed by atoms with Crippen LogP contribution in [0.15, 0.2) is 212 Å². The highest BCUT2D eigenvalue weighted by atomic mass is 15.0. The first kappa shape index (κ1) is 37.2. The Morgan fingerprint density at radius 1 is 0.338 bits per heavy atom. The minimum absolute atomic E-state index is 0.121. The maximum atomic E-state index is 5.27. The van der Waals surface area contributed by atoms with E-state index in [1.165, 1.54) is 44.1 Å². The van der Waals surface area contributed by atoms with Gasteiger partial charge in [0.05, 0.1) is 22.1 Å². The Morgan fingerprint density at radius 2 is 0.877 bits per heavy atom. The van der Waals surface area contributed by atoms with Gasteiger partial charge in [-0.2, -0.15) is 0 Å². The van der Waals surface area contributed by atoms with Crippen molar-refractivity contribution in [2.45, 2.75) is 19.3 Å². The van der Waals surface area contributed by atoms with E-state index in [1.54, 1.807) is 0 Å². The number of fused-ring (bicyclic) bond motifs is 9. The Labute approximate surface area is 376 Å². The zero-order chi connectivity index (χ0) is 43.2. The molecule has 13 rings (SSSR count). The molecule has 3 heterocycles. The molecular formula is C60H41N5. The molecule has 0 amide bonds. The van der Waals surface area contributed by atoms with Crippen LogP contribution in [0.25, 0.3) is 111 Å². The van der Waals surface area contributed by atoms with Crippen molar-refractivity contribution in [2.24, 2.45) is 0 Å². The van der Waals surface area contributed by atoms with Crippen molar-refractivity contribution in [3.8, 4) is 67.8 Å². The van der Waals surface area contributed by atoms with Gasteiger partial charge in [0.15, 0.2) is 17.5 Å². The lowest BCUT2D eigenvalue weighted by molar-refractivity contribution is 0.661. The SMILES string of the molecule is CC1(C)c2ccccc2-c2cc3c4cc(-c5ccc(-c6nc(-c7ccccc7)nc(-c7ccccc7)n6)c6c7ccccc7n(-c7ccccc7)c56)ccc4n(-c4ccccc4)c3cc21. The predicted molar refractivity (Wildman–Crippen MR) is 268 cm³/mol. The monoisotopic (exact) mass is 831 g/mol. The van der Waals surface area contributed by atoms with Crippen LogP contribution in [0.3, 0.4) is 0 Å². The van der Waals surface area contributed by atoms with E-state index in [-0.39, 0.29) is 5.41 Å². The average Bonchev–Trinajstić information content (AvgIpc) is 3.97. The van der Waals surface area contributed by atoms with Crippen molar-refractivity contribution in [3.05, 3.63) is 223 Å². The topological polar surface area (TPSA) is 48.5 Å². The summed E-state index contributed by atoms with van der Waals surface area (Å²) in [5.74, 6) is 1.90. The van der Waals surface area contributed by atoms with E-state index in [0.29, 0.717) is 17.5 Å². The highest BCUT2D eigenvalue weighted by Gasteiger charge is 2.36.